The van der Waals surface area contributed by atoms with Crippen LogP contribution < -0.4 is 0 Å². The highest BCUT2D eigenvalue weighted by Gasteiger charge is 1.95. The highest BCUT2D eigenvalue weighted by Crippen LogP contribution is 2.07. The molecule has 24 heavy (non-hydrogen) atoms. The number of rotatable bonds is 6. The summed E-state index contributed by atoms with van der Waals surface area (Å²) in [4.78, 5) is 18.9. The molecule has 0 atom stereocenters. The van der Waals surface area contributed by atoms with Crippen LogP contribution in [0, 0.1) is 11.6 Å². The summed E-state index contributed by atoms with van der Waals surface area (Å²) in [5, 5.41) is 0. The maximum absolute atomic E-state index is 13.3. The summed E-state index contributed by atoms with van der Waals surface area (Å²) in [6, 6.07) is 3.06. The summed E-state index contributed by atoms with van der Waals surface area (Å²) in [6.45, 7) is 0. The summed E-state index contributed by atoms with van der Waals surface area (Å²) in [5.41, 5.74) is 0.778. The van der Waals surface area contributed by atoms with E-state index in [1.165, 1.54) is 61.0 Å². The van der Waals surface area contributed by atoms with Gasteiger partial charge < -0.3 is 0 Å². The monoisotopic (exact) mass is 324 g/mol. The molecule has 2 aromatic heterocycles. The number of allylic oxidation sites excluding steroid dienone is 6. The topological polar surface area (TPSA) is 42.9 Å². The fourth-order valence-corrected chi connectivity index (χ4v) is 1.72. The van der Waals surface area contributed by atoms with Gasteiger partial charge in [0, 0.05) is 23.5 Å². The third-order valence-electron chi connectivity index (χ3n) is 2.90. The highest BCUT2D eigenvalue weighted by atomic mass is 19.1. The lowest BCUT2D eigenvalue weighted by Gasteiger charge is -1.92. The molecule has 0 saturated carbocycles. The van der Waals surface area contributed by atoms with Gasteiger partial charge in [-0.05, 0) is 24.3 Å². The number of aromatic nitrogens is 2. The zero-order chi connectivity index (χ0) is 17.2. The van der Waals surface area contributed by atoms with Crippen LogP contribution in [-0.4, -0.2) is 15.8 Å². The van der Waals surface area contributed by atoms with Gasteiger partial charge in [-0.25, -0.2) is 8.78 Å². The fourth-order valence-electron chi connectivity index (χ4n) is 1.72. The van der Waals surface area contributed by atoms with Crippen molar-refractivity contribution in [3.05, 3.63) is 96.1 Å². The largest absolute Gasteiger partial charge is 0.290 e. The van der Waals surface area contributed by atoms with Crippen molar-refractivity contribution in [1.29, 1.82) is 0 Å². The van der Waals surface area contributed by atoms with E-state index < -0.39 is 11.6 Å². The first kappa shape index (κ1) is 17.1. The van der Waals surface area contributed by atoms with Gasteiger partial charge in [0.25, 0.3) is 0 Å². The molecule has 3 nitrogen and oxygen atoms in total. The van der Waals surface area contributed by atoms with Crippen molar-refractivity contribution in [3.63, 3.8) is 0 Å². The Morgan fingerprint density at radius 1 is 0.792 bits per heavy atom. The minimum atomic E-state index is -0.429. The molecule has 5 heteroatoms. The van der Waals surface area contributed by atoms with E-state index in [1.807, 2.05) is 0 Å². The molecule has 0 radical (unpaired) electrons. The zero-order valence-corrected chi connectivity index (χ0v) is 12.6. The summed E-state index contributed by atoms with van der Waals surface area (Å²) < 4.78 is 26.6. The molecule has 0 amide bonds. The Morgan fingerprint density at radius 2 is 1.25 bits per heavy atom. The van der Waals surface area contributed by atoms with Gasteiger partial charge in [0.05, 0.1) is 12.4 Å². The minimum absolute atomic E-state index is 0.241. The standard InChI is InChI=1S/C19H14F2N2O/c20-18-13-22-11-9-15(18)5-1-3-7-17(24)8-4-2-6-16-10-12-23-14-19(16)21/h1-14H/b5-1+,6-2+,7-3+,8-4+. The molecule has 0 unspecified atom stereocenters. The molecule has 0 aliphatic heterocycles. The lowest BCUT2D eigenvalue weighted by molar-refractivity contribution is -0.110. The molecule has 0 spiro atoms. The SMILES string of the molecule is O=C(/C=C/C=C/c1ccncc1F)/C=C/C=C/c1ccncc1F. The van der Waals surface area contributed by atoms with Gasteiger partial charge in [-0.2, -0.15) is 0 Å². The number of pyridine rings is 2. The van der Waals surface area contributed by atoms with E-state index in [4.69, 9.17) is 0 Å². The van der Waals surface area contributed by atoms with Gasteiger partial charge in [-0.15, -0.1) is 0 Å². The van der Waals surface area contributed by atoms with Gasteiger partial charge in [0.15, 0.2) is 5.78 Å². The smallest absolute Gasteiger partial charge is 0.178 e. The van der Waals surface area contributed by atoms with E-state index in [1.54, 1.807) is 12.2 Å². The minimum Gasteiger partial charge on any atom is -0.290 e. The number of carbonyl (C=O) groups is 1. The average Bonchev–Trinajstić information content (AvgIpc) is 2.58. The maximum Gasteiger partial charge on any atom is 0.178 e. The van der Waals surface area contributed by atoms with Gasteiger partial charge in [0.1, 0.15) is 11.6 Å². The van der Waals surface area contributed by atoms with Crippen molar-refractivity contribution >= 4 is 17.9 Å². The predicted molar refractivity (Wildman–Crippen MR) is 89.7 cm³/mol. The number of ketones is 1. The predicted octanol–water partition coefficient (Wildman–Crippen LogP) is 4.16. The van der Waals surface area contributed by atoms with Gasteiger partial charge >= 0.3 is 0 Å². The third kappa shape index (κ3) is 5.53. The molecule has 0 saturated heterocycles. The van der Waals surface area contributed by atoms with Gasteiger partial charge in [0.2, 0.25) is 0 Å². The molecular weight excluding hydrogens is 310 g/mol. The van der Waals surface area contributed by atoms with Crippen LogP contribution in [0.2, 0.25) is 0 Å². The second-order valence-electron chi connectivity index (χ2n) is 4.63. The lowest BCUT2D eigenvalue weighted by atomic mass is 10.2. The second-order valence-corrected chi connectivity index (χ2v) is 4.63. The number of halogens is 2. The summed E-state index contributed by atoms with van der Waals surface area (Å²) in [7, 11) is 0. The Labute approximate surface area is 138 Å². The molecule has 0 bridgehead atoms. The van der Waals surface area contributed by atoms with E-state index in [-0.39, 0.29) is 5.78 Å². The van der Waals surface area contributed by atoms with E-state index in [0.717, 1.165) is 12.4 Å². The van der Waals surface area contributed by atoms with Gasteiger partial charge in [-0.3, -0.25) is 14.8 Å². The maximum atomic E-state index is 13.3. The van der Waals surface area contributed by atoms with Crippen molar-refractivity contribution < 1.29 is 13.6 Å². The Hall–Kier alpha value is -3.21. The van der Waals surface area contributed by atoms with Crippen LogP contribution in [0.1, 0.15) is 11.1 Å². The van der Waals surface area contributed by atoms with Crippen LogP contribution in [0.5, 0.6) is 0 Å². The van der Waals surface area contributed by atoms with Crippen LogP contribution in [-0.2, 0) is 4.79 Å². The second kappa shape index (κ2) is 9.05. The van der Waals surface area contributed by atoms with Crippen molar-refractivity contribution in [1.82, 2.24) is 9.97 Å². The fraction of sp³-hybridized carbons (Fsp3) is 0. The Morgan fingerprint density at radius 3 is 1.67 bits per heavy atom. The molecule has 2 aromatic rings. The van der Waals surface area contributed by atoms with E-state index in [2.05, 4.69) is 9.97 Å². The first-order valence-electron chi connectivity index (χ1n) is 7.09. The molecule has 2 rings (SSSR count). The number of hydrogen-bond acceptors (Lipinski definition) is 3. The number of carbonyl (C=O) groups excluding carboxylic acids is 1. The van der Waals surface area contributed by atoms with Crippen molar-refractivity contribution in [2.45, 2.75) is 0 Å². The van der Waals surface area contributed by atoms with Crippen LogP contribution >= 0.6 is 0 Å². The van der Waals surface area contributed by atoms with Crippen LogP contribution in [0.15, 0.2) is 73.4 Å². The molecule has 0 N–H and O–H groups in total. The number of hydrogen-bond donors (Lipinski definition) is 0. The molecule has 2 heterocycles. The first-order chi connectivity index (χ1) is 11.7. The van der Waals surface area contributed by atoms with Crippen molar-refractivity contribution in [2.24, 2.45) is 0 Å². The molecule has 0 aromatic carbocycles. The van der Waals surface area contributed by atoms with Crippen molar-refractivity contribution in [3.8, 4) is 0 Å². The Bertz CT molecular complexity index is 756. The van der Waals surface area contributed by atoms with Crippen LogP contribution in [0.3, 0.4) is 0 Å². The quantitative estimate of drug-likeness (QED) is 0.592. The van der Waals surface area contributed by atoms with Crippen LogP contribution in [0.25, 0.3) is 12.2 Å². The molecule has 0 aliphatic carbocycles. The highest BCUT2D eigenvalue weighted by molar-refractivity contribution is 5.99. The third-order valence-corrected chi connectivity index (χ3v) is 2.90. The van der Waals surface area contributed by atoms with E-state index >= 15 is 0 Å². The summed E-state index contributed by atoms with van der Waals surface area (Å²) in [6.07, 6.45) is 17.1. The average molecular weight is 324 g/mol. The first-order valence-corrected chi connectivity index (χ1v) is 7.09. The molecule has 0 aliphatic rings. The normalized spacial score (nSPS) is 12.1. The number of nitrogens with zero attached hydrogens (tertiary/aromatic N) is 2. The zero-order valence-electron chi connectivity index (χ0n) is 12.6. The Kier molecular flexibility index (Phi) is 6.46. The van der Waals surface area contributed by atoms with E-state index in [9.17, 15) is 13.6 Å². The van der Waals surface area contributed by atoms with Crippen molar-refractivity contribution in [2.75, 3.05) is 0 Å². The Balaban J connectivity index is 1.86. The van der Waals surface area contributed by atoms with E-state index in [0.29, 0.717) is 11.1 Å². The molecule has 0 fully saturated rings. The molecule has 120 valence electrons. The summed E-state index contributed by atoms with van der Waals surface area (Å²) >= 11 is 0. The molecular formula is C19H14F2N2O. The lowest BCUT2D eigenvalue weighted by Crippen LogP contribution is -1.84. The summed E-state index contributed by atoms with van der Waals surface area (Å²) in [5.74, 6) is -1.10. The van der Waals surface area contributed by atoms with Gasteiger partial charge in [-0.1, -0.05) is 36.5 Å². The van der Waals surface area contributed by atoms with Crippen LogP contribution in [0.4, 0.5) is 8.78 Å².